The first-order chi connectivity index (χ1) is 11.5. The Morgan fingerprint density at radius 1 is 1.04 bits per heavy atom. The molecule has 0 saturated heterocycles. The van der Waals surface area contributed by atoms with E-state index >= 15 is 0 Å². The van der Waals surface area contributed by atoms with Gasteiger partial charge in [0.25, 0.3) is 0 Å². The Kier molecular flexibility index (Phi) is 4.71. The maximum absolute atomic E-state index is 13.4. The summed E-state index contributed by atoms with van der Waals surface area (Å²) in [7, 11) is 0. The van der Waals surface area contributed by atoms with Gasteiger partial charge in [-0.05, 0) is 54.0 Å². The molecular weight excluding hydrogens is 334 g/mol. The van der Waals surface area contributed by atoms with Crippen LogP contribution in [0.25, 0.3) is 12.2 Å². The van der Waals surface area contributed by atoms with Gasteiger partial charge in [0.2, 0.25) is 11.8 Å². The molecular formula is C18H13ClF2N2O. The minimum atomic E-state index is -0.400. The van der Waals surface area contributed by atoms with Crippen molar-refractivity contribution >= 4 is 23.8 Å². The molecule has 0 unspecified atom stereocenters. The monoisotopic (exact) mass is 346 g/mol. The molecule has 0 spiro atoms. The summed E-state index contributed by atoms with van der Waals surface area (Å²) in [5.74, 6) is -0.0263. The van der Waals surface area contributed by atoms with E-state index in [4.69, 9.17) is 16.0 Å². The zero-order valence-corrected chi connectivity index (χ0v) is 13.5. The fraction of sp³-hybridized carbons (Fsp3) is 0.111. The Morgan fingerprint density at radius 2 is 1.88 bits per heavy atom. The van der Waals surface area contributed by atoms with Gasteiger partial charge in [0.1, 0.15) is 11.6 Å². The van der Waals surface area contributed by atoms with Gasteiger partial charge in [-0.25, -0.2) is 8.78 Å². The Morgan fingerprint density at radius 3 is 2.62 bits per heavy atom. The molecule has 2 aromatic carbocycles. The largest absolute Gasteiger partial charge is 0.421 e. The van der Waals surface area contributed by atoms with Crippen LogP contribution >= 0.6 is 11.6 Å². The Labute approximate surface area is 142 Å². The maximum Gasteiger partial charge on any atom is 0.240 e. The van der Waals surface area contributed by atoms with Gasteiger partial charge in [-0.1, -0.05) is 23.7 Å². The van der Waals surface area contributed by atoms with Crippen LogP contribution in [0.5, 0.6) is 0 Å². The zero-order chi connectivity index (χ0) is 17.1. The van der Waals surface area contributed by atoms with E-state index in [1.807, 2.05) is 13.0 Å². The topological polar surface area (TPSA) is 38.9 Å². The molecule has 24 heavy (non-hydrogen) atoms. The van der Waals surface area contributed by atoms with Crippen molar-refractivity contribution in [1.82, 2.24) is 10.2 Å². The first-order valence-corrected chi connectivity index (χ1v) is 7.59. The quantitative estimate of drug-likeness (QED) is 0.662. The summed E-state index contributed by atoms with van der Waals surface area (Å²) in [5, 5.41) is 8.13. The number of hydrogen-bond acceptors (Lipinski definition) is 3. The first kappa shape index (κ1) is 16.3. The van der Waals surface area contributed by atoms with E-state index in [2.05, 4.69) is 10.2 Å². The van der Waals surface area contributed by atoms with Crippen molar-refractivity contribution in [1.29, 1.82) is 0 Å². The highest BCUT2D eigenvalue weighted by Gasteiger charge is 2.07. The molecule has 3 aromatic rings. The van der Waals surface area contributed by atoms with Crippen LogP contribution < -0.4 is 0 Å². The minimum absolute atomic E-state index is 0.290. The lowest BCUT2D eigenvalue weighted by Crippen LogP contribution is -1.91. The van der Waals surface area contributed by atoms with Crippen molar-refractivity contribution < 1.29 is 13.2 Å². The molecule has 0 aliphatic carbocycles. The van der Waals surface area contributed by atoms with Crippen LogP contribution in [0.4, 0.5) is 8.78 Å². The van der Waals surface area contributed by atoms with Gasteiger partial charge in [0.15, 0.2) is 0 Å². The summed E-state index contributed by atoms with van der Waals surface area (Å²) >= 11 is 5.94. The molecule has 0 fully saturated rings. The third-order valence-electron chi connectivity index (χ3n) is 3.31. The van der Waals surface area contributed by atoms with E-state index in [1.165, 1.54) is 24.3 Å². The molecule has 3 nitrogen and oxygen atoms in total. The van der Waals surface area contributed by atoms with Gasteiger partial charge < -0.3 is 4.42 Å². The average molecular weight is 347 g/mol. The van der Waals surface area contributed by atoms with Crippen molar-refractivity contribution in [3.8, 4) is 0 Å². The van der Waals surface area contributed by atoms with Crippen molar-refractivity contribution in [2.24, 2.45) is 0 Å². The molecule has 6 heteroatoms. The summed E-state index contributed by atoms with van der Waals surface area (Å²) in [5.41, 5.74) is 2.22. The smallest absolute Gasteiger partial charge is 0.240 e. The van der Waals surface area contributed by atoms with Gasteiger partial charge in [0.05, 0.1) is 11.4 Å². The van der Waals surface area contributed by atoms with E-state index < -0.39 is 5.82 Å². The highest BCUT2D eigenvalue weighted by atomic mass is 35.5. The second-order valence-electron chi connectivity index (χ2n) is 5.35. The third-order valence-corrected chi connectivity index (χ3v) is 3.64. The van der Waals surface area contributed by atoms with Crippen molar-refractivity contribution in [2.45, 2.75) is 13.3 Å². The summed E-state index contributed by atoms with van der Waals surface area (Å²) in [6.07, 6.45) is 3.59. The van der Waals surface area contributed by atoms with E-state index in [0.717, 1.165) is 11.1 Å². The number of rotatable bonds is 4. The van der Waals surface area contributed by atoms with Crippen LogP contribution in [0.2, 0.25) is 5.02 Å². The normalized spacial score (nSPS) is 11.3. The van der Waals surface area contributed by atoms with E-state index in [9.17, 15) is 8.78 Å². The van der Waals surface area contributed by atoms with Crippen LogP contribution in [0.15, 0.2) is 40.8 Å². The fourth-order valence-corrected chi connectivity index (χ4v) is 2.52. The predicted molar refractivity (Wildman–Crippen MR) is 88.6 cm³/mol. The molecule has 0 N–H and O–H groups in total. The summed E-state index contributed by atoms with van der Waals surface area (Å²) < 4.78 is 31.9. The second kappa shape index (κ2) is 6.93. The molecule has 0 radical (unpaired) electrons. The molecule has 0 saturated carbocycles. The predicted octanol–water partition coefficient (Wildman–Crippen LogP) is 5.07. The molecule has 0 amide bonds. The Hall–Kier alpha value is -2.53. The molecule has 1 aromatic heterocycles. The van der Waals surface area contributed by atoms with Gasteiger partial charge >= 0.3 is 0 Å². The Bertz CT molecular complexity index is 886. The fourth-order valence-electron chi connectivity index (χ4n) is 2.29. The number of aryl methyl sites for hydroxylation is 1. The third kappa shape index (κ3) is 4.06. The van der Waals surface area contributed by atoms with Gasteiger partial charge in [-0.15, -0.1) is 10.2 Å². The van der Waals surface area contributed by atoms with Crippen LogP contribution in [-0.4, -0.2) is 10.2 Å². The van der Waals surface area contributed by atoms with E-state index in [-0.39, 0.29) is 5.82 Å². The summed E-state index contributed by atoms with van der Waals surface area (Å²) in [6, 6.07) is 8.86. The SMILES string of the molecule is Cc1cc(F)cc(Cc2nnc(C=Cc3ccc(F)cc3Cl)o2)c1. The lowest BCUT2D eigenvalue weighted by molar-refractivity contribution is 0.496. The number of aromatic nitrogens is 2. The molecule has 0 bridgehead atoms. The highest BCUT2D eigenvalue weighted by molar-refractivity contribution is 6.32. The van der Waals surface area contributed by atoms with Crippen LogP contribution in [0.3, 0.4) is 0 Å². The van der Waals surface area contributed by atoms with Crippen molar-refractivity contribution in [2.75, 3.05) is 0 Å². The lowest BCUT2D eigenvalue weighted by Gasteiger charge is -1.99. The second-order valence-corrected chi connectivity index (χ2v) is 5.75. The zero-order valence-electron chi connectivity index (χ0n) is 12.8. The van der Waals surface area contributed by atoms with Gasteiger partial charge in [0, 0.05) is 6.08 Å². The standard InChI is InChI=1S/C18H13ClF2N2O/c1-11-6-12(8-15(21)7-11)9-18-23-22-17(24-18)5-3-13-2-4-14(20)10-16(13)19/h2-8,10H,9H2,1H3. The number of halogens is 3. The average Bonchev–Trinajstić information content (AvgIpc) is 2.92. The molecule has 122 valence electrons. The Balaban J connectivity index is 1.74. The number of benzene rings is 2. The lowest BCUT2D eigenvalue weighted by atomic mass is 10.1. The van der Waals surface area contributed by atoms with Crippen molar-refractivity contribution in [3.05, 3.63) is 81.5 Å². The van der Waals surface area contributed by atoms with Crippen molar-refractivity contribution in [3.63, 3.8) is 0 Å². The maximum atomic E-state index is 13.4. The number of nitrogens with zero attached hydrogens (tertiary/aromatic N) is 2. The summed E-state index contributed by atoms with van der Waals surface area (Å²) in [4.78, 5) is 0. The van der Waals surface area contributed by atoms with E-state index in [1.54, 1.807) is 18.2 Å². The first-order valence-electron chi connectivity index (χ1n) is 7.21. The molecule has 1 heterocycles. The van der Waals surface area contributed by atoms with Crippen LogP contribution in [-0.2, 0) is 6.42 Å². The molecule has 0 aliphatic heterocycles. The minimum Gasteiger partial charge on any atom is -0.421 e. The van der Waals surface area contributed by atoms with E-state index in [0.29, 0.717) is 28.8 Å². The molecule has 0 atom stereocenters. The van der Waals surface area contributed by atoms with Crippen LogP contribution in [0, 0.1) is 18.6 Å². The van der Waals surface area contributed by atoms with Crippen LogP contribution in [0.1, 0.15) is 28.5 Å². The van der Waals surface area contributed by atoms with Gasteiger partial charge in [-0.2, -0.15) is 0 Å². The highest BCUT2D eigenvalue weighted by Crippen LogP contribution is 2.20. The molecule has 3 rings (SSSR count). The van der Waals surface area contributed by atoms with Gasteiger partial charge in [-0.3, -0.25) is 0 Å². The number of hydrogen-bond donors (Lipinski definition) is 0. The molecule has 0 aliphatic rings. The summed E-state index contributed by atoms with van der Waals surface area (Å²) in [6.45, 7) is 1.82.